The predicted molar refractivity (Wildman–Crippen MR) is 278 cm³/mol. The highest BCUT2D eigenvalue weighted by Crippen LogP contribution is 2.46. The van der Waals surface area contributed by atoms with Gasteiger partial charge < -0.3 is 132 Å². The minimum atomic E-state index is -4.54. The van der Waals surface area contributed by atoms with Gasteiger partial charge in [0.25, 0.3) is 52.7 Å². The number of phenolic OH excluding ortho intramolecular Hbond substituents is 6. The number of aliphatic hydroxyl groups is 15. The number of nitrogens with one attached hydrogen (secondary N) is 4. The Morgan fingerprint density at radius 3 is 1.33 bits per heavy atom. The monoisotopic (exact) mass is 1270 g/mol. The van der Waals surface area contributed by atoms with Crippen LogP contribution in [0.5, 0.6) is 34.5 Å². The molecular formula is C50H58F2N8O29. The van der Waals surface area contributed by atoms with Crippen LogP contribution >= 0.6 is 0 Å². The van der Waals surface area contributed by atoms with Gasteiger partial charge in [-0.3, -0.25) is 54.1 Å². The van der Waals surface area contributed by atoms with Crippen molar-refractivity contribution in [2.24, 2.45) is 0 Å². The highest BCUT2D eigenvalue weighted by Gasteiger charge is 2.77. The number of carbonyl (C=O) groups excluding carboxylic acids is 6. The lowest BCUT2D eigenvalue weighted by molar-refractivity contribution is -0.407. The number of aromatic hydroxyl groups is 6. The van der Waals surface area contributed by atoms with Crippen molar-refractivity contribution in [3.8, 4) is 34.5 Å². The molecule has 39 heteroatoms. The van der Waals surface area contributed by atoms with Crippen LogP contribution in [0.2, 0.25) is 0 Å². The number of amides is 6. The van der Waals surface area contributed by atoms with Gasteiger partial charge in [0.2, 0.25) is 11.5 Å². The van der Waals surface area contributed by atoms with E-state index >= 15 is 8.78 Å². The normalized spacial score (nSPS) is 25.0. The third kappa shape index (κ3) is 11.4. The summed E-state index contributed by atoms with van der Waals surface area (Å²) in [6, 6.07) is -2.65. The number of halogens is 2. The number of benzene rings is 2. The zero-order chi connectivity index (χ0) is 66.7. The summed E-state index contributed by atoms with van der Waals surface area (Å²) in [6.45, 7) is 4.16. The van der Waals surface area contributed by atoms with Crippen LogP contribution in [0.1, 0.15) is 22.3 Å². The van der Waals surface area contributed by atoms with Gasteiger partial charge >= 0.3 is 11.6 Å². The Morgan fingerprint density at radius 1 is 0.528 bits per heavy atom. The third-order valence-electron chi connectivity index (χ3n) is 14.9. The van der Waals surface area contributed by atoms with E-state index < -0.39 is 222 Å². The van der Waals surface area contributed by atoms with Crippen molar-refractivity contribution in [3.05, 3.63) is 104 Å². The second kappa shape index (κ2) is 24.3. The van der Waals surface area contributed by atoms with E-state index in [0.717, 1.165) is 0 Å². The average Bonchev–Trinajstić information content (AvgIpc) is 1.71. The van der Waals surface area contributed by atoms with E-state index in [9.17, 15) is 136 Å². The van der Waals surface area contributed by atoms with Gasteiger partial charge in [-0.05, 0) is 0 Å². The molecule has 6 aliphatic rings. The first-order chi connectivity index (χ1) is 41.2. The van der Waals surface area contributed by atoms with E-state index in [1.807, 2.05) is 0 Å². The van der Waals surface area contributed by atoms with Crippen LogP contribution in [0.25, 0.3) is 0 Å². The summed E-state index contributed by atoms with van der Waals surface area (Å²) in [5.74, 6) is -44.0. The first-order valence-corrected chi connectivity index (χ1v) is 25.5. The first kappa shape index (κ1) is 67.2. The number of phenols is 6. The number of piperidine rings is 2. The molecule has 0 saturated carbocycles. The summed E-state index contributed by atoms with van der Waals surface area (Å²) in [4.78, 5) is 78.6. The van der Waals surface area contributed by atoms with Crippen molar-refractivity contribution < 1.29 is 154 Å². The lowest BCUT2D eigenvalue weighted by Crippen LogP contribution is -2.85. The van der Waals surface area contributed by atoms with Crippen LogP contribution in [-0.2, 0) is 64.4 Å². The smallest absolute Gasteiger partial charge is 0.306 e. The molecule has 37 nitrogen and oxygen atoms in total. The zero-order valence-electron chi connectivity index (χ0n) is 45.6. The summed E-state index contributed by atoms with van der Waals surface area (Å²) < 4.78 is 41.5. The maximum atomic E-state index is 15.5. The minimum Gasteiger partial charge on any atom is -0.505 e. The molecule has 2 atom stereocenters. The van der Waals surface area contributed by atoms with Crippen LogP contribution in [0.15, 0.2) is 70.3 Å². The van der Waals surface area contributed by atoms with Crippen molar-refractivity contribution in [1.29, 1.82) is 0 Å². The molecule has 6 amide bonds. The van der Waals surface area contributed by atoms with Crippen molar-refractivity contribution in [1.82, 2.24) is 40.9 Å². The molecule has 6 fully saturated rings. The van der Waals surface area contributed by atoms with E-state index in [0.29, 0.717) is 52.6 Å². The molecule has 0 aromatic heterocycles. The fourth-order valence-electron chi connectivity index (χ4n) is 9.83. The number of hydrogen-bond donors (Lipinski definition) is 25. The van der Waals surface area contributed by atoms with E-state index in [2.05, 4.69) is 23.8 Å². The number of morpholine rings is 2. The Kier molecular flexibility index (Phi) is 18.3. The van der Waals surface area contributed by atoms with Gasteiger partial charge in [-0.1, -0.05) is 13.2 Å². The lowest BCUT2D eigenvalue weighted by Gasteiger charge is -2.49. The average molecular weight is 1270 g/mol. The third-order valence-corrected chi connectivity index (χ3v) is 14.9. The molecule has 0 aliphatic carbocycles. The van der Waals surface area contributed by atoms with Gasteiger partial charge in [0.15, 0.2) is 63.8 Å². The Balaban J connectivity index is 0.000000254. The van der Waals surface area contributed by atoms with Crippen molar-refractivity contribution >= 4 is 35.4 Å². The van der Waals surface area contributed by atoms with Crippen LogP contribution in [0.3, 0.4) is 0 Å². The Bertz CT molecular complexity index is 3500. The van der Waals surface area contributed by atoms with Crippen molar-refractivity contribution in [2.75, 3.05) is 65.7 Å². The molecule has 2 aromatic carbocycles. The van der Waals surface area contributed by atoms with Crippen LogP contribution in [0.4, 0.5) is 8.78 Å². The summed E-state index contributed by atoms with van der Waals surface area (Å²) in [5, 5.41) is 223. The molecule has 6 aliphatic heterocycles. The molecular weight excluding hydrogens is 1210 g/mol. The van der Waals surface area contributed by atoms with Crippen LogP contribution in [-0.4, -0.2) is 263 Å². The number of rotatable bonds is 14. The first-order valence-electron chi connectivity index (χ1n) is 25.5. The molecule has 486 valence electrons. The van der Waals surface area contributed by atoms with Gasteiger partial charge in [-0.25, -0.2) is 8.78 Å². The van der Waals surface area contributed by atoms with Gasteiger partial charge in [0.1, 0.15) is 11.6 Å². The molecule has 0 spiro atoms. The van der Waals surface area contributed by atoms with Crippen molar-refractivity contribution in [2.45, 2.75) is 61.1 Å². The van der Waals surface area contributed by atoms with E-state index in [1.165, 1.54) is 10.6 Å². The van der Waals surface area contributed by atoms with E-state index in [-0.39, 0.29) is 22.9 Å². The Hall–Kier alpha value is -9.36. The summed E-state index contributed by atoms with van der Waals surface area (Å²) in [5.41, 5.74) is -10.1. The standard InChI is InChI=1S/C25H29FN4O15.C25H29FN4O14/c1-9(31)15(32)13-11(8-30(20(13)37)23(40)21(38)28-22(39)24(41,42)25(23,43)44)19(36)27-6-10-14(26)12(17(34)18(35)16(10)33)7-29-2-4-45-5-3-29;1-9(31)15(32)13-11(8-30(22(13)38)19-21(37)28-23(39)25(42,43)24(19,40)41)20(36)27-6-10-14(26)12(17(34)18(35)16(10)33)7-29-2-4-44-5-3-29/h27,31-36,40-44H,1-8H2,(H,28,38,39);19,27,31-36,40-43H,1-8H2,(H,28,37,39)/b15-13-,19-11-;15-13-,20-11-. The molecule has 6 heterocycles. The number of likely N-dealkylation sites (tertiary alicyclic amines) is 2. The second-order valence-corrected chi connectivity index (χ2v) is 20.4. The SMILES string of the molecule is C=C(O)/C(O)=C1/C(=O)N(C2(O)C(=O)NC(=O)C(O)(O)C2(O)O)C/C1=C(/O)NCc1c(O)c(O)c(O)c(CN2CCOCC2)c1F.C=C(O)/C(O)=C1/C(=O)N(C2C(=O)NC(=O)C(O)(O)C2(O)O)C/C1=C(/O)NCc1c(O)c(O)c(O)c(CN2CCOCC2)c1F. The number of aliphatic hydroxyl groups excluding tert-OH is 6. The zero-order valence-corrected chi connectivity index (χ0v) is 45.6. The highest BCUT2D eigenvalue weighted by molar-refractivity contribution is 6.12. The van der Waals surface area contributed by atoms with Crippen molar-refractivity contribution in [3.63, 3.8) is 0 Å². The molecule has 25 N–H and O–H groups in total. The van der Waals surface area contributed by atoms with Crippen LogP contribution < -0.4 is 21.3 Å². The Morgan fingerprint density at radius 2 is 0.910 bits per heavy atom. The summed E-state index contributed by atoms with van der Waals surface area (Å²) in [6.07, 6.45) is 0. The largest absolute Gasteiger partial charge is 0.505 e. The van der Waals surface area contributed by atoms with Gasteiger partial charge in [-0.2, -0.15) is 0 Å². The molecule has 2 aromatic rings. The van der Waals surface area contributed by atoms with E-state index in [4.69, 9.17) is 9.47 Å². The number of carbonyl (C=O) groups is 6. The molecule has 6 saturated heterocycles. The molecule has 89 heavy (non-hydrogen) atoms. The number of imide groups is 2. The minimum absolute atomic E-state index is 0.203. The van der Waals surface area contributed by atoms with Crippen LogP contribution in [0, 0.1) is 11.6 Å². The second-order valence-electron chi connectivity index (χ2n) is 20.4. The van der Waals surface area contributed by atoms with Gasteiger partial charge in [0.05, 0.1) is 61.8 Å². The number of hydrogen-bond acceptors (Lipinski definition) is 33. The topological polar surface area (TPSA) is 607 Å². The number of nitrogens with zero attached hydrogens (tertiary/aromatic N) is 4. The number of ether oxygens (including phenoxy) is 2. The fourth-order valence-corrected chi connectivity index (χ4v) is 9.83. The summed E-state index contributed by atoms with van der Waals surface area (Å²) >= 11 is 0. The van der Waals surface area contributed by atoms with Gasteiger partial charge in [0, 0.05) is 74.6 Å². The molecule has 0 bridgehead atoms. The maximum Gasteiger partial charge on any atom is 0.306 e. The highest BCUT2D eigenvalue weighted by atomic mass is 19.1. The Labute approximate surface area is 495 Å². The van der Waals surface area contributed by atoms with Gasteiger partial charge in [-0.15, -0.1) is 0 Å². The quantitative estimate of drug-likeness (QED) is 0.0275. The molecule has 8 rings (SSSR count). The fraction of sp³-hybridized carbons (Fsp3) is 0.400. The summed E-state index contributed by atoms with van der Waals surface area (Å²) in [7, 11) is 0. The molecule has 0 radical (unpaired) electrons. The predicted octanol–water partition coefficient (Wildman–Crippen LogP) is -7.19. The lowest BCUT2D eigenvalue weighted by atomic mass is 9.87. The maximum absolute atomic E-state index is 15.5. The molecule has 2 unspecified atom stereocenters. The van der Waals surface area contributed by atoms with E-state index in [1.54, 1.807) is 9.80 Å².